The van der Waals surface area contributed by atoms with E-state index < -0.39 is 11.6 Å². The van der Waals surface area contributed by atoms with Gasteiger partial charge in [-0.25, -0.2) is 9.78 Å². The lowest BCUT2D eigenvalue weighted by Gasteiger charge is -2.29. The fourth-order valence-corrected chi connectivity index (χ4v) is 7.80. The van der Waals surface area contributed by atoms with Crippen LogP contribution in [0.2, 0.25) is 0 Å². The van der Waals surface area contributed by atoms with Crippen LogP contribution in [0.25, 0.3) is 11.3 Å². The van der Waals surface area contributed by atoms with Gasteiger partial charge in [-0.3, -0.25) is 0 Å². The molecule has 11 heteroatoms. The Morgan fingerprint density at radius 2 is 1.75 bits per heavy atom. The van der Waals surface area contributed by atoms with E-state index in [2.05, 4.69) is 46.6 Å². The Morgan fingerprint density at radius 3 is 2.48 bits per heavy atom. The molecule has 252 valence electrons. The van der Waals surface area contributed by atoms with Gasteiger partial charge in [-0.1, -0.05) is 47.8 Å². The predicted molar refractivity (Wildman–Crippen MR) is 190 cm³/mol. The smallest absolute Gasteiger partial charge is 0.331 e. The van der Waals surface area contributed by atoms with Crippen LogP contribution in [0.3, 0.4) is 0 Å². The van der Waals surface area contributed by atoms with Crippen molar-refractivity contribution >= 4 is 40.9 Å². The van der Waals surface area contributed by atoms with Crippen molar-refractivity contribution in [2.24, 2.45) is 0 Å². The van der Waals surface area contributed by atoms with Crippen molar-refractivity contribution < 1.29 is 28.5 Å². The van der Waals surface area contributed by atoms with Gasteiger partial charge in [0.1, 0.15) is 24.0 Å². The van der Waals surface area contributed by atoms with Gasteiger partial charge in [0, 0.05) is 62.8 Å². The number of pyridine rings is 1. The summed E-state index contributed by atoms with van der Waals surface area (Å²) in [5, 5.41) is 3.32. The summed E-state index contributed by atoms with van der Waals surface area (Å²) in [5.41, 5.74) is 4.24. The molecule has 0 bridgehead atoms. The van der Waals surface area contributed by atoms with Crippen LogP contribution in [-0.2, 0) is 25.6 Å². The Balaban J connectivity index is 1.26. The molecule has 2 aliphatic heterocycles. The highest BCUT2D eigenvalue weighted by Gasteiger charge is 2.27. The highest BCUT2D eigenvalue weighted by Crippen LogP contribution is 2.52. The molecule has 3 heterocycles. The largest absolute Gasteiger partial charge is 0.497 e. The molecule has 9 nitrogen and oxygen atoms in total. The summed E-state index contributed by atoms with van der Waals surface area (Å²) >= 11 is 3.43. The lowest BCUT2D eigenvalue weighted by molar-refractivity contribution is -0.156. The number of rotatable bonds is 11. The number of fused-ring (bicyclic) bond motifs is 2. The molecule has 0 amide bonds. The second-order valence-corrected chi connectivity index (χ2v) is 14.6. The fraction of sp³-hybridized carbons (Fsp3) is 0.351. The predicted octanol–water partition coefficient (Wildman–Crippen LogP) is 7.56. The second kappa shape index (κ2) is 15.1. The monoisotopic (exact) mass is 687 g/mol. The number of esters is 1. The molecule has 1 aromatic heterocycles. The first-order chi connectivity index (χ1) is 23.2. The minimum Gasteiger partial charge on any atom is -0.497 e. The van der Waals surface area contributed by atoms with E-state index in [9.17, 15) is 4.79 Å². The van der Waals surface area contributed by atoms with E-state index in [0.717, 1.165) is 66.6 Å². The summed E-state index contributed by atoms with van der Waals surface area (Å²) in [5.74, 6) is 1.03. The van der Waals surface area contributed by atoms with Crippen LogP contribution in [0.4, 0.5) is 11.4 Å². The first-order valence-electron chi connectivity index (χ1n) is 15.9. The molecule has 4 aromatic rings. The molecule has 2 aliphatic rings. The maximum absolute atomic E-state index is 12.9. The molecule has 48 heavy (non-hydrogen) atoms. The van der Waals surface area contributed by atoms with Crippen LogP contribution in [0.15, 0.2) is 92.4 Å². The highest BCUT2D eigenvalue weighted by molar-refractivity contribution is 8.05. The van der Waals surface area contributed by atoms with Crippen molar-refractivity contribution in [1.82, 2.24) is 4.98 Å². The summed E-state index contributed by atoms with van der Waals surface area (Å²) in [6.45, 7) is 9.15. The number of benzene rings is 3. The number of hydrogen-bond acceptors (Lipinski definition) is 11. The molecule has 1 atom stereocenters. The zero-order chi connectivity index (χ0) is 33.7. The minimum atomic E-state index is -0.627. The third-order valence-electron chi connectivity index (χ3n) is 7.70. The Kier molecular flexibility index (Phi) is 10.7. The maximum Gasteiger partial charge on any atom is 0.331 e. The third-order valence-corrected chi connectivity index (χ3v) is 10.3. The van der Waals surface area contributed by atoms with Crippen LogP contribution < -0.4 is 19.7 Å². The standard InChI is InChI=1S/C37H41N3O6S2/c1-37(2,3)46-36(41)30(23-42-4)38-25-11-14-31-33(19-25)47-32-8-6-7-28(35(32)48-31)29-20-26(40-15-17-44-18-16-40)21-34(39-29)45-22-24-9-12-27(43-5)13-10-24/h6-14,19-21,30,38H,15-18,22-23H2,1-5H3/t30-/m1/s1. The normalized spacial score (nSPS) is 14.8. The molecule has 0 saturated carbocycles. The first-order valence-corrected chi connectivity index (χ1v) is 17.5. The average Bonchev–Trinajstić information content (AvgIpc) is 3.09. The number of anilines is 2. The first kappa shape index (κ1) is 34.0. The van der Waals surface area contributed by atoms with Crippen molar-refractivity contribution in [2.45, 2.75) is 58.6 Å². The lowest BCUT2D eigenvalue weighted by atomic mass is 10.1. The van der Waals surface area contributed by atoms with Crippen LogP contribution in [0.5, 0.6) is 11.6 Å². The van der Waals surface area contributed by atoms with E-state index >= 15 is 0 Å². The van der Waals surface area contributed by atoms with Gasteiger partial charge < -0.3 is 33.9 Å². The average molecular weight is 688 g/mol. The Labute approximate surface area is 290 Å². The van der Waals surface area contributed by atoms with Crippen molar-refractivity contribution in [2.75, 3.05) is 57.3 Å². The summed E-state index contributed by atoms with van der Waals surface area (Å²) < 4.78 is 28.2. The van der Waals surface area contributed by atoms with Gasteiger partial charge in [-0.15, -0.1) is 0 Å². The molecule has 1 N–H and O–H groups in total. The van der Waals surface area contributed by atoms with Gasteiger partial charge in [0.25, 0.3) is 0 Å². The molecular weight excluding hydrogens is 647 g/mol. The minimum absolute atomic E-state index is 0.197. The fourth-order valence-electron chi connectivity index (χ4n) is 5.39. The maximum atomic E-state index is 12.9. The number of hydrogen-bond donors (Lipinski definition) is 1. The molecule has 0 unspecified atom stereocenters. The number of morpholine rings is 1. The highest BCUT2D eigenvalue weighted by atomic mass is 32.2. The van der Waals surface area contributed by atoms with Crippen LogP contribution in [0.1, 0.15) is 26.3 Å². The summed E-state index contributed by atoms with van der Waals surface area (Å²) in [6, 6.07) is 23.9. The van der Waals surface area contributed by atoms with Gasteiger partial charge >= 0.3 is 5.97 Å². The van der Waals surface area contributed by atoms with Gasteiger partial charge in [-0.2, -0.15) is 0 Å². The summed E-state index contributed by atoms with van der Waals surface area (Å²) in [4.78, 5) is 24.7. The van der Waals surface area contributed by atoms with E-state index in [4.69, 9.17) is 28.7 Å². The number of nitrogens with one attached hydrogen (secondary N) is 1. The Morgan fingerprint density at radius 1 is 0.958 bits per heavy atom. The van der Waals surface area contributed by atoms with Gasteiger partial charge in [0.05, 0.1) is 32.6 Å². The zero-order valence-corrected chi connectivity index (χ0v) is 29.5. The number of ether oxygens (including phenoxy) is 5. The number of nitrogens with zero attached hydrogens (tertiary/aromatic N) is 2. The van der Waals surface area contributed by atoms with E-state index in [1.807, 2.05) is 57.2 Å². The molecule has 1 saturated heterocycles. The number of carbonyl (C=O) groups is 1. The Bertz CT molecular complexity index is 1740. The van der Waals surface area contributed by atoms with Gasteiger partial charge in [0.2, 0.25) is 5.88 Å². The SMILES string of the molecule is COC[C@@H](Nc1ccc2c(c1)Sc1cccc(-c3cc(N4CCOCC4)cc(OCc4ccc(OC)cc4)n3)c1S2)C(=O)OC(C)(C)C. The topological polar surface area (TPSA) is 91.4 Å². The second-order valence-electron chi connectivity index (χ2n) is 12.5. The summed E-state index contributed by atoms with van der Waals surface area (Å²) in [6.07, 6.45) is 0. The van der Waals surface area contributed by atoms with E-state index in [1.165, 1.54) is 0 Å². The molecule has 6 rings (SSSR count). The van der Waals surface area contributed by atoms with Gasteiger partial charge in [-0.05, 0) is 68.8 Å². The number of aromatic nitrogens is 1. The van der Waals surface area contributed by atoms with Crippen LogP contribution in [-0.4, -0.2) is 69.7 Å². The van der Waals surface area contributed by atoms with Crippen LogP contribution in [0, 0.1) is 0 Å². The van der Waals surface area contributed by atoms with Crippen molar-refractivity contribution in [3.8, 4) is 22.9 Å². The zero-order valence-electron chi connectivity index (χ0n) is 27.9. The molecule has 0 spiro atoms. The van der Waals surface area contributed by atoms with E-state index in [0.29, 0.717) is 25.7 Å². The van der Waals surface area contributed by atoms with E-state index in [1.54, 1.807) is 37.7 Å². The molecule has 0 radical (unpaired) electrons. The molecular formula is C37H41N3O6S2. The summed E-state index contributed by atoms with van der Waals surface area (Å²) in [7, 11) is 3.24. The van der Waals surface area contributed by atoms with Crippen molar-refractivity contribution in [3.63, 3.8) is 0 Å². The van der Waals surface area contributed by atoms with Crippen molar-refractivity contribution in [3.05, 3.63) is 78.4 Å². The molecule has 3 aromatic carbocycles. The molecule has 0 aliphatic carbocycles. The quantitative estimate of drug-likeness (QED) is 0.140. The molecule has 1 fully saturated rings. The van der Waals surface area contributed by atoms with Crippen molar-refractivity contribution in [1.29, 1.82) is 0 Å². The number of carbonyl (C=O) groups excluding carboxylic acids is 1. The Hall–Kier alpha value is -3.90. The lowest BCUT2D eigenvalue weighted by Crippen LogP contribution is -2.39. The van der Waals surface area contributed by atoms with E-state index in [-0.39, 0.29) is 12.6 Å². The van der Waals surface area contributed by atoms with Gasteiger partial charge in [0.15, 0.2) is 0 Å². The van der Waals surface area contributed by atoms with Crippen LogP contribution >= 0.6 is 23.5 Å². The number of methoxy groups -OCH3 is 2. The third kappa shape index (κ3) is 8.38.